The predicted molar refractivity (Wildman–Crippen MR) is 133 cm³/mol. The molecule has 0 spiro atoms. The number of aliphatic hydroxyl groups excluding tert-OH is 1. The molecule has 0 amide bonds. The van der Waals surface area contributed by atoms with Gasteiger partial charge >= 0.3 is 0 Å². The number of hydrogen-bond donors (Lipinski definition) is 2. The number of phenols is 1. The van der Waals surface area contributed by atoms with Crippen molar-refractivity contribution >= 4 is 5.78 Å². The Morgan fingerprint density at radius 3 is 2.64 bits per heavy atom. The number of carbonyl (C=O) groups is 1. The monoisotopic (exact) mass is 452 g/mol. The summed E-state index contributed by atoms with van der Waals surface area (Å²) in [5, 5.41) is 20.5. The predicted octanol–water partition coefficient (Wildman–Crippen LogP) is 6.41. The average molecular weight is 453 g/mol. The molecule has 1 aliphatic rings. The normalized spacial score (nSPS) is 19.2. The minimum Gasteiger partial charge on any atom is -0.504 e. The zero-order valence-electron chi connectivity index (χ0n) is 20.0. The van der Waals surface area contributed by atoms with E-state index in [1.54, 1.807) is 6.07 Å². The Kier molecular flexibility index (Phi) is 10.3. The lowest BCUT2D eigenvalue weighted by atomic mass is 9.82. The summed E-state index contributed by atoms with van der Waals surface area (Å²) in [6, 6.07) is 15.9. The molecule has 2 aromatic rings. The van der Waals surface area contributed by atoms with E-state index in [1.807, 2.05) is 18.2 Å². The highest BCUT2D eigenvalue weighted by atomic mass is 16.5. The van der Waals surface area contributed by atoms with Crippen LogP contribution in [0.4, 0.5) is 0 Å². The van der Waals surface area contributed by atoms with E-state index in [0.717, 1.165) is 50.5 Å². The van der Waals surface area contributed by atoms with Gasteiger partial charge in [0.15, 0.2) is 11.5 Å². The topological polar surface area (TPSA) is 66.8 Å². The van der Waals surface area contributed by atoms with Crippen molar-refractivity contribution in [3.63, 3.8) is 0 Å². The van der Waals surface area contributed by atoms with Crippen molar-refractivity contribution in [1.29, 1.82) is 0 Å². The third-order valence-corrected chi connectivity index (χ3v) is 6.78. The quantitative estimate of drug-likeness (QED) is 0.345. The second kappa shape index (κ2) is 13.4. The van der Waals surface area contributed by atoms with Gasteiger partial charge in [0.25, 0.3) is 0 Å². The number of rotatable bonds is 13. The van der Waals surface area contributed by atoms with Crippen molar-refractivity contribution in [1.82, 2.24) is 0 Å². The van der Waals surface area contributed by atoms with Crippen molar-refractivity contribution in [3.8, 4) is 11.5 Å². The summed E-state index contributed by atoms with van der Waals surface area (Å²) in [6.45, 7) is 2.13. The zero-order valence-corrected chi connectivity index (χ0v) is 20.0. The zero-order chi connectivity index (χ0) is 23.5. The van der Waals surface area contributed by atoms with E-state index in [0.29, 0.717) is 30.9 Å². The standard InChI is InChI=1S/C29H40O4/c1-2-3-5-13-25(30)21-26(31)17-15-23-16-18-27(32)29(20-23)33-28-14-9-8-12-24(28)19-22-10-6-4-7-11-22/h4,6-7,10-11,16,18,20,24-25,28,30,32H,2-3,5,8-9,12-15,17,19,21H2,1H3/t24-,25-,28+/m1/s1. The first-order valence-corrected chi connectivity index (χ1v) is 12.8. The van der Waals surface area contributed by atoms with E-state index in [2.05, 4.69) is 31.2 Å². The van der Waals surface area contributed by atoms with E-state index in [-0.39, 0.29) is 24.1 Å². The fourth-order valence-electron chi connectivity index (χ4n) is 4.83. The number of unbranched alkanes of at least 4 members (excludes halogenated alkanes) is 2. The highest BCUT2D eigenvalue weighted by Gasteiger charge is 2.27. The van der Waals surface area contributed by atoms with Gasteiger partial charge < -0.3 is 14.9 Å². The number of ether oxygens (including phenoxy) is 1. The Morgan fingerprint density at radius 1 is 1.06 bits per heavy atom. The van der Waals surface area contributed by atoms with E-state index >= 15 is 0 Å². The van der Waals surface area contributed by atoms with Gasteiger partial charge in [0.1, 0.15) is 11.9 Å². The van der Waals surface area contributed by atoms with E-state index < -0.39 is 6.10 Å². The Morgan fingerprint density at radius 2 is 1.85 bits per heavy atom. The fraction of sp³-hybridized carbons (Fsp3) is 0.552. The van der Waals surface area contributed by atoms with Crippen LogP contribution < -0.4 is 4.74 Å². The van der Waals surface area contributed by atoms with E-state index in [1.165, 1.54) is 12.0 Å². The number of benzene rings is 2. The molecule has 0 unspecified atom stereocenters. The summed E-state index contributed by atoms with van der Waals surface area (Å²) in [4.78, 5) is 12.3. The number of phenolic OH excluding ortho intramolecular Hbond substituents is 1. The maximum atomic E-state index is 12.3. The molecule has 3 rings (SSSR count). The van der Waals surface area contributed by atoms with E-state index in [9.17, 15) is 15.0 Å². The smallest absolute Gasteiger partial charge is 0.161 e. The molecule has 4 nitrogen and oxygen atoms in total. The van der Waals surface area contributed by atoms with Gasteiger partial charge in [0.2, 0.25) is 0 Å². The lowest BCUT2D eigenvalue weighted by Crippen LogP contribution is -2.31. The summed E-state index contributed by atoms with van der Waals surface area (Å²) in [7, 11) is 0. The van der Waals surface area contributed by atoms with Gasteiger partial charge in [-0.05, 0) is 67.7 Å². The van der Waals surface area contributed by atoms with Crippen LogP contribution in [0.1, 0.15) is 82.3 Å². The molecule has 0 aliphatic heterocycles. The van der Waals surface area contributed by atoms with Crippen LogP contribution in [0, 0.1) is 5.92 Å². The van der Waals surface area contributed by atoms with Gasteiger partial charge in [0, 0.05) is 12.8 Å². The highest BCUT2D eigenvalue weighted by molar-refractivity contribution is 5.79. The summed E-state index contributed by atoms with van der Waals surface area (Å²) in [5.74, 6) is 1.19. The number of hydrogen-bond acceptors (Lipinski definition) is 4. The molecule has 2 aromatic carbocycles. The number of aromatic hydroxyl groups is 1. The fourth-order valence-corrected chi connectivity index (χ4v) is 4.83. The van der Waals surface area contributed by atoms with Crippen molar-refractivity contribution in [2.45, 2.75) is 96.2 Å². The molecule has 0 saturated heterocycles. The third kappa shape index (κ3) is 8.51. The molecule has 3 atom stereocenters. The first kappa shape index (κ1) is 25.3. The van der Waals surface area contributed by atoms with Crippen LogP contribution in [0.5, 0.6) is 11.5 Å². The summed E-state index contributed by atoms with van der Waals surface area (Å²) in [5.41, 5.74) is 2.30. The lowest BCUT2D eigenvalue weighted by Gasteiger charge is -2.32. The second-order valence-corrected chi connectivity index (χ2v) is 9.59. The maximum absolute atomic E-state index is 12.3. The van der Waals surface area contributed by atoms with Crippen LogP contribution in [0.3, 0.4) is 0 Å². The van der Waals surface area contributed by atoms with Gasteiger partial charge in [-0.3, -0.25) is 4.79 Å². The van der Waals surface area contributed by atoms with Gasteiger partial charge in [-0.1, -0.05) is 69.0 Å². The number of Topliss-reactive ketones (excluding diaryl/α,β-unsaturated/α-hetero) is 1. The minimum atomic E-state index is -0.532. The molecular formula is C29H40O4. The van der Waals surface area contributed by atoms with Crippen LogP contribution in [-0.2, 0) is 17.6 Å². The number of aryl methyl sites for hydroxylation is 1. The Hall–Kier alpha value is -2.33. The van der Waals surface area contributed by atoms with Crippen LogP contribution in [-0.4, -0.2) is 28.2 Å². The summed E-state index contributed by atoms with van der Waals surface area (Å²) < 4.78 is 6.36. The Labute approximate surface area is 199 Å². The molecule has 0 radical (unpaired) electrons. The molecule has 1 aliphatic carbocycles. The van der Waals surface area contributed by atoms with Crippen molar-refractivity contribution in [2.75, 3.05) is 0 Å². The van der Waals surface area contributed by atoms with Gasteiger partial charge in [-0.15, -0.1) is 0 Å². The SMILES string of the molecule is CCCCC[C@@H](O)CC(=O)CCc1ccc(O)c(O[C@H]2CCCC[C@@H]2Cc2ccccc2)c1. The molecule has 1 saturated carbocycles. The second-order valence-electron chi connectivity index (χ2n) is 9.59. The Bertz CT molecular complexity index is 848. The first-order valence-electron chi connectivity index (χ1n) is 12.8. The molecule has 180 valence electrons. The third-order valence-electron chi connectivity index (χ3n) is 6.78. The van der Waals surface area contributed by atoms with Crippen LogP contribution in [0.25, 0.3) is 0 Å². The van der Waals surface area contributed by atoms with Crippen molar-refractivity contribution < 1.29 is 19.7 Å². The van der Waals surface area contributed by atoms with Crippen LogP contribution in [0.2, 0.25) is 0 Å². The van der Waals surface area contributed by atoms with Crippen LogP contribution >= 0.6 is 0 Å². The molecule has 4 heteroatoms. The number of aliphatic hydroxyl groups is 1. The molecule has 0 bridgehead atoms. The number of carbonyl (C=O) groups excluding carboxylic acids is 1. The molecule has 0 heterocycles. The van der Waals surface area contributed by atoms with Crippen molar-refractivity contribution in [3.05, 3.63) is 59.7 Å². The number of ketones is 1. The Balaban J connectivity index is 1.55. The van der Waals surface area contributed by atoms with Gasteiger partial charge in [0.05, 0.1) is 6.10 Å². The van der Waals surface area contributed by atoms with Gasteiger partial charge in [-0.2, -0.15) is 0 Å². The molecule has 1 fully saturated rings. The van der Waals surface area contributed by atoms with Crippen LogP contribution in [0.15, 0.2) is 48.5 Å². The maximum Gasteiger partial charge on any atom is 0.161 e. The molecule has 0 aromatic heterocycles. The first-order chi connectivity index (χ1) is 16.0. The largest absolute Gasteiger partial charge is 0.504 e. The summed E-state index contributed by atoms with van der Waals surface area (Å²) >= 11 is 0. The van der Waals surface area contributed by atoms with Crippen molar-refractivity contribution in [2.24, 2.45) is 5.92 Å². The highest BCUT2D eigenvalue weighted by Crippen LogP contribution is 2.35. The average Bonchev–Trinajstić information content (AvgIpc) is 2.81. The molecule has 2 N–H and O–H groups in total. The summed E-state index contributed by atoms with van der Waals surface area (Å²) in [6.07, 6.45) is 10.1. The minimum absolute atomic E-state index is 0.0833. The molecular weight excluding hydrogens is 412 g/mol. The van der Waals surface area contributed by atoms with E-state index in [4.69, 9.17) is 4.74 Å². The molecule has 33 heavy (non-hydrogen) atoms. The lowest BCUT2D eigenvalue weighted by molar-refractivity contribution is -0.121. The van der Waals surface area contributed by atoms with Gasteiger partial charge in [-0.25, -0.2) is 0 Å².